The fraction of sp³-hybridized carbons (Fsp3) is 0.0714. The van der Waals surface area contributed by atoms with Crippen molar-refractivity contribution in [2.45, 2.75) is 10.2 Å². The monoisotopic (exact) mass is 285 g/mol. The summed E-state index contributed by atoms with van der Waals surface area (Å²) in [7, 11) is 1.92. The Morgan fingerprint density at radius 3 is 2.85 bits per heavy atom. The first kappa shape index (κ1) is 12.7. The third kappa shape index (κ3) is 2.25. The summed E-state index contributed by atoms with van der Waals surface area (Å²) in [6, 6.07) is 8.70. The number of fused-ring (bicyclic) bond motifs is 1. The van der Waals surface area contributed by atoms with Crippen LogP contribution >= 0.6 is 11.8 Å². The molecule has 0 radical (unpaired) electrons. The maximum Gasteiger partial charge on any atom is 0.336 e. The summed E-state index contributed by atoms with van der Waals surface area (Å²) in [5.41, 5.74) is 0.938. The van der Waals surface area contributed by atoms with Gasteiger partial charge in [-0.05, 0) is 36.0 Å². The van der Waals surface area contributed by atoms with Crippen molar-refractivity contribution in [1.82, 2.24) is 14.5 Å². The van der Waals surface area contributed by atoms with Gasteiger partial charge in [-0.3, -0.25) is 0 Å². The highest BCUT2D eigenvalue weighted by Gasteiger charge is 2.10. The van der Waals surface area contributed by atoms with E-state index in [-0.39, 0.29) is 5.56 Å². The van der Waals surface area contributed by atoms with Gasteiger partial charge in [0.1, 0.15) is 5.03 Å². The molecule has 2 aromatic heterocycles. The molecule has 0 atom stereocenters. The summed E-state index contributed by atoms with van der Waals surface area (Å²) >= 11 is 1.44. The average Bonchev–Trinajstić information content (AvgIpc) is 2.83. The number of aromatic carboxylic acids is 1. The van der Waals surface area contributed by atoms with Crippen LogP contribution in [0.15, 0.2) is 52.9 Å². The summed E-state index contributed by atoms with van der Waals surface area (Å²) in [5.74, 6) is -0.943. The van der Waals surface area contributed by atoms with Crippen molar-refractivity contribution in [3.8, 4) is 0 Å². The number of hydrogen-bond donors (Lipinski definition) is 1. The van der Waals surface area contributed by atoms with E-state index < -0.39 is 5.97 Å². The maximum absolute atomic E-state index is 11.2. The summed E-state index contributed by atoms with van der Waals surface area (Å²) in [5, 5.41) is 11.4. The van der Waals surface area contributed by atoms with E-state index in [1.54, 1.807) is 24.4 Å². The molecule has 1 N–H and O–H groups in total. The zero-order chi connectivity index (χ0) is 14.1. The second kappa shape index (κ2) is 4.97. The van der Waals surface area contributed by atoms with E-state index in [0.29, 0.717) is 10.9 Å². The molecular weight excluding hydrogens is 274 g/mol. The fourth-order valence-electron chi connectivity index (χ4n) is 1.92. The summed E-state index contributed by atoms with van der Waals surface area (Å²) in [6.45, 7) is 0. The number of aromatic nitrogens is 3. The molecule has 0 bridgehead atoms. The van der Waals surface area contributed by atoms with Crippen LogP contribution in [-0.2, 0) is 7.05 Å². The summed E-state index contributed by atoms with van der Waals surface area (Å²) in [4.78, 5) is 19.9. The lowest BCUT2D eigenvalue weighted by Crippen LogP contribution is -1.98. The van der Waals surface area contributed by atoms with Crippen molar-refractivity contribution >= 4 is 28.6 Å². The van der Waals surface area contributed by atoms with Gasteiger partial charge in [0.15, 0.2) is 5.16 Å². The second-order valence-electron chi connectivity index (χ2n) is 4.25. The molecule has 0 saturated heterocycles. The molecule has 0 aliphatic carbocycles. The van der Waals surface area contributed by atoms with Crippen LogP contribution in [-0.4, -0.2) is 25.6 Å². The highest BCUT2D eigenvalue weighted by molar-refractivity contribution is 7.99. The van der Waals surface area contributed by atoms with Crippen molar-refractivity contribution in [2.75, 3.05) is 0 Å². The normalized spacial score (nSPS) is 10.8. The van der Waals surface area contributed by atoms with Gasteiger partial charge in [-0.2, -0.15) is 0 Å². The number of rotatable bonds is 3. The van der Waals surface area contributed by atoms with Gasteiger partial charge in [0.25, 0.3) is 0 Å². The van der Waals surface area contributed by atoms with E-state index in [9.17, 15) is 4.79 Å². The molecule has 0 spiro atoms. The molecule has 5 nitrogen and oxygen atoms in total. The van der Waals surface area contributed by atoms with Gasteiger partial charge in [0.2, 0.25) is 0 Å². The minimum atomic E-state index is -0.943. The predicted molar refractivity (Wildman–Crippen MR) is 76.0 cm³/mol. The molecule has 3 aromatic rings. The quantitative estimate of drug-likeness (QED) is 0.801. The zero-order valence-corrected chi connectivity index (χ0v) is 11.5. The van der Waals surface area contributed by atoms with Gasteiger partial charge >= 0.3 is 5.97 Å². The molecule has 3 rings (SSSR count). The number of benzene rings is 1. The third-order valence-electron chi connectivity index (χ3n) is 2.91. The van der Waals surface area contributed by atoms with E-state index in [0.717, 1.165) is 10.2 Å². The van der Waals surface area contributed by atoms with Crippen LogP contribution in [0.4, 0.5) is 0 Å². The SMILES string of the molecule is Cn1ccnc1Sc1ccc2c(C(=O)O)cccc2n1. The fourth-order valence-corrected chi connectivity index (χ4v) is 2.71. The first-order valence-electron chi connectivity index (χ1n) is 5.93. The lowest BCUT2D eigenvalue weighted by molar-refractivity contribution is 0.0699. The van der Waals surface area contributed by atoms with E-state index >= 15 is 0 Å². The Labute approximate surface area is 119 Å². The van der Waals surface area contributed by atoms with Crippen molar-refractivity contribution in [1.29, 1.82) is 0 Å². The van der Waals surface area contributed by atoms with Crippen LogP contribution in [0.5, 0.6) is 0 Å². The zero-order valence-electron chi connectivity index (χ0n) is 10.6. The van der Waals surface area contributed by atoms with E-state index in [2.05, 4.69) is 9.97 Å². The van der Waals surface area contributed by atoms with Crippen LogP contribution in [0.1, 0.15) is 10.4 Å². The number of nitrogens with zero attached hydrogens (tertiary/aromatic N) is 3. The van der Waals surface area contributed by atoms with Crippen LogP contribution < -0.4 is 0 Å². The number of aryl methyl sites for hydroxylation is 1. The van der Waals surface area contributed by atoms with Crippen molar-refractivity contribution in [3.63, 3.8) is 0 Å². The number of carbonyl (C=O) groups is 1. The van der Waals surface area contributed by atoms with Crippen LogP contribution in [0.3, 0.4) is 0 Å². The minimum absolute atomic E-state index is 0.267. The molecular formula is C14H11N3O2S. The standard InChI is InChI=1S/C14H11N3O2S/c1-17-8-7-15-14(17)20-12-6-5-9-10(13(18)19)3-2-4-11(9)16-12/h2-8H,1H3,(H,18,19). The number of carboxylic acids is 1. The van der Waals surface area contributed by atoms with E-state index in [1.807, 2.05) is 29.9 Å². The molecule has 0 saturated carbocycles. The molecule has 0 aliphatic heterocycles. The first-order valence-corrected chi connectivity index (χ1v) is 6.75. The number of pyridine rings is 1. The van der Waals surface area contributed by atoms with Crippen molar-refractivity contribution < 1.29 is 9.90 Å². The van der Waals surface area contributed by atoms with E-state index in [1.165, 1.54) is 11.8 Å². The lowest BCUT2D eigenvalue weighted by atomic mass is 10.1. The summed E-state index contributed by atoms with van der Waals surface area (Å²) in [6.07, 6.45) is 3.60. The molecule has 6 heteroatoms. The Bertz CT molecular complexity index is 798. The topological polar surface area (TPSA) is 68.0 Å². The van der Waals surface area contributed by atoms with Gasteiger partial charge in [0.05, 0.1) is 11.1 Å². The smallest absolute Gasteiger partial charge is 0.336 e. The maximum atomic E-state index is 11.2. The molecule has 0 amide bonds. The largest absolute Gasteiger partial charge is 0.478 e. The second-order valence-corrected chi connectivity index (χ2v) is 5.24. The number of carboxylic acid groups (broad SMARTS) is 1. The van der Waals surface area contributed by atoms with Crippen molar-refractivity contribution in [2.24, 2.45) is 7.05 Å². The summed E-state index contributed by atoms with van der Waals surface area (Å²) < 4.78 is 1.91. The molecule has 2 heterocycles. The number of imidazole rings is 1. The molecule has 0 aliphatic rings. The molecule has 0 fully saturated rings. The van der Waals surface area contributed by atoms with Gasteiger partial charge in [0, 0.05) is 24.8 Å². The number of hydrogen-bond acceptors (Lipinski definition) is 4. The highest BCUT2D eigenvalue weighted by Crippen LogP contribution is 2.27. The minimum Gasteiger partial charge on any atom is -0.478 e. The lowest BCUT2D eigenvalue weighted by Gasteiger charge is -2.05. The van der Waals surface area contributed by atoms with Gasteiger partial charge in [-0.25, -0.2) is 14.8 Å². The van der Waals surface area contributed by atoms with Gasteiger partial charge < -0.3 is 9.67 Å². The average molecular weight is 285 g/mol. The molecule has 100 valence electrons. The Balaban J connectivity index is 2.03. The molecule has 1 aromatic carbocycles. The third-order valence-corrected chi connectivity index (χ3v) is 3.92. The Morgan fingerprint density at radius 2 is 2.15 bits per heavy atom. The van der Waals surface area contributed by atoms with Crippen LogP contribution in [0.25, 0.3) is 10.9 Å². The predicted octanol–water partition coefficient (Wildman–Crippen LogP) is 2.82. The van der Waals surface area contributed by atoms with Crippen LogP contribution in [0, 0.1) is 0 Å². The Hall–Kier alpha value is -2.34. The van der Waals surface area contributed by atoms with E-state index in [4.69, 9.17) is 5.11 Å². The van der Waals surface area contributed by atoms with Gasteiger partial charge in [-0.15, -0.1) is 0 Å². The Morgan fingerprint density at radius 1 is 1.30 bits per heavy atom. The first-order chi connectivity index (χ1) is 9.65. The van der Waals surface area contributed by atoms with Gasteiger partial charge in [-0.1, -0.05) is 6.07 Å². The molecule has 20 heavy (non-hydrogen) atoms. The van der Waals surface area contributed by atoms with Crippen molar-refractivity contribution in [3.05, 3.63) is 48.3 Å². The molecule has 0 unspecified atom stereocenters. The highest BCUT2D eigenvalue weighted by atomic mass is 32.2. The van der Waals surface area contributed by atoms with Crippen LogP contribution in [0.2, 0.25) is 0 Å². The Kier molecular flexibility index (Phi) is 3.15.